The smallest absolute Gasteiger partial charge is 0.332 e. The fraction of sp³-hybridized carbons (Fsp3) is 0.400. The third-order valence-corrected chi connectivity index (χ3v) is 3.85. The summed E-state index contributed by atoms with van der Waals surface area (Å²) in [5.41, 5.74) is 1.51. The van der Waals surface area contributed by atoms with Gasteiger partial charge in [-0.25, -0.2) is 9.79 Å². The summed E-state index contributed by atoms with van der Waals surface area (Å²) < 4.78 is 20.7. The zero-order chi connectivity index (χ0) is 20.2. The highest BCUT2D eigenvalue weighted by atomic mass is 16.7. The molecule has 0 bridgehead atoms. The minimum atomic E-state index is -0.480. The van der Waals surface area contributed by atoms with E-state index in [2.05, 4.69) is 9.73 Å². The molecule has 1 aromatic rings. The van der Waals surface area contributed by atoms with Crippen LogP contribution in [0.25, 0.3) is 5.57 Å². The molecule has 0 spiro atoms. The number of carbonyl (C=O) groups is 1. The van der Waals surface area contributed by atoms with E-state index in [1.54, 1.807) is 7.11 Å². The lowest BCUT2D eigenvalue weighted by Crippen LogP contribution is -2.32. The number of benzene rings is 1. The van der Waals surface area contributed by atoms with Gasteiger partial charge in [-0.2, -0.15) is 0 Å². The van der Waals surface area contributed by atoms with Crippen molar-refractivity contribution in [1.29, 1.82) is 0 Å². The normalized spacial score (nSPS) is 11.1. The van der Waals surface area contributed by atoms with Crippen LogP contribution < -0.4 is 4.74 Å². The summed E-state index contributed by atoms with van der Waals surface area (Å²) >= 11 is 0. The predicted molar refractivity (Wildman–Crippen MR) is 105 cm³/mol. The molecule has 0 radical (unpaired) electrons. The fourth-order valence-electron chi connectivity index (χ4n) is 2.45. The maximum absolute atomic E-state index is 11.4. The first-order valence-electron chi connectivity index (χ1n) is 8.60. The number of hydrogen-bond donors (Lipinski definition) is 0. The Morgan fingerprint density at radius 3 is 2.04 bits per heavy atom. The standard InChI is InChI=1S/C20H28N2O5/c1-7-22(8-2)19(21-14-13-17(23)25-4)18(20(26-5)27-6)15-9-11-16(24-3)12-10-15/h9-14H,7-8H2,1-6H3/b14-13+,21-19?. The number of likely N-dealkylation sites (N-methyl/N-ethyl adjacent to an activating group) is 1. The zero-order valence-electron chi connectivity index (χ0n) is 16.8. The van der Waals surface area contributed by atoms with Crippen molar-refractivity contribution in [2.24, 2.45) is 4.99 Å². The van der Waals surface area contributed by atoms with Gasteiger partial charge in [-0.3, -0.25) is 0 Å². The summed E-state index contributed by atoms with van der Waals surface area (Å²) in [6.45, 7) is 5.46. The summed E-state index contributed by atoms with van der Waals surface area (Å²) in [5, 5.41) is 0. The predicted octanol–water partition coefficient (Wildman–Crippen LogP) is 3.08. The Morgan fingerprint density at radius 2 is 1.59 bits per heavy atom. The number of ether oxygens (including phenoxy) is 4. The van der Waals surface area contributed by atoms with Crippen LogP contribution >= 0.6 is 0 Å². The summed E-state index contributed by atoms with van der Waals surface area (Å²) in [6.07, 6.45) is 2.67. The molecule has 7 nitrogen and oxygen atoms in total. The van der Waals surface area contributed by atoms with Crippen molar-refractivity contribution in [3.63, 3.8) is 0 Å². The van der Waals surface area contributed by atoms with Crippen molar-refractivity contribution in [2.45, 2.75) is 13.8 Å². The van der Waals surface area contributed by atoms with Crippen LogP contribution in [0.1, 0.15) is 19.4 Å². The summed E-state index contributed by atoms with van der Waals surface area (Å²) in [4.78, 5) is 17.9. The van der Waals surface area contributed by atoms with Crippen molar-refractivity contribution in [3.8, 4) is 5.75 Å². The molecule has 0 heterocycles. The molecule has 0 fully saturated rings. The molecule has 1 rings (SSSR count). The Balaban J connectivity index is 3.58. The van der Waals surface area contributed by atoms with Gasteiger partial charge in [0.2, 0.25) is 0 Å². The average molecular weight is 376 g/mol. The lowest BCUT2D eigenvalue weighted by molar-refractivity contribution is -0.134. The summed E-state index contributed by atoms with van der Waals surface area (Å²) in [5.74, 6) is 1.19. The topological polar surface area (TPSA) is 69.6 Å². The molecule has 0 saturated carbocycles. The number of methoxy groups -OCH3 is 4. The minimum absolute atomic E-state index is 0.317. The Labute approximate surface area is 160 Å². The van der Waals surface area contributed by atoms with Crippen LogP contribution in [0.15, 0.2) is 47.5 Å². The van der Waals surface area contributed by atoms with Crippen LogP contribution in [0.2, 0.25) is 0 Å². The Morgan fingerprint density at radius 1 is 1.00 bits per heavy atom. The van der Waals surface area contributed by atoms with E-state index in [0.717, 1.165) is 11.3 Å². The molecule has 7 heteroatoms. The van der Waals surface area contributed by atoms with Crippen LogP contribution in [0.4, 0.5) is 0 Å². The second-order valence-electron chi connectivity index (χ2n) is 5.26. The number of hydrogen-bond acceptors (Lipinski definition) is 6. The maximum atomic E-state index is 11.4. The number of amidine groups is 1. The summed E-state index contributed by atoms with van der Waals surface area (Å²) in [6, 6.07) is 7.50. The molecule has 0 amide bonds. The molecule has 0 saturated heterocycles. The van der Waals surface area contributed by atoms with Gasteiger partial charge in [0, 0.05) is 25.4 Å². The fourth-order valence-corrected chi connectivity index (χ4v) is 2.45. The molecule has 0 atom stereocenters. The van der Waals surface area contributed by atoms with E-state index in [-0.39, 0.29) is 0 Å². The second kappa shape index (κ2) is 11.6. The molecule has 0 unspecified atom stereocenters. The average Bonchev–Trinajstić information content (AvgIpc) is 2.71. The molecule has 0 aliphatic rings. The quantitative estimate of drug-likeness (QED) is 0.217. The molecule has 0 aliphatic heterocycles. The van der Waals surface area contributed by atoms with Gasteiger partial charge in [-0.05, 0) is 31.5 Å². The van der Waals surface area contributed by atoms with Gasteiger partial charge in [0.15, 0.2) is 0 Å². The maximum Gasteiger partial charge on any atom is 0.332 e. The van der Waals surface area contributed by atoms with E-state index in [1.807, 2.05) is 43.0 Å². The monoisotopic (exact) mass is 376 g/mol. The number of nitrogens with zero attached hydrogens (tertiary/aromatic N) is 2. The molecule has 0 aromatic heterocycles. The third kappa shape index (κ3) is 6.06. The van der Waals surface area contributed by atoms with Crippen LogP contribution in [0.3, 0.4) is 0 Å². The highest BCUT2D eigenvalue weighted by molar-refractivity contribution is 6.23. The number of esters is 1. The highest BCUT2D eigenvalue weighted by Gasteiger charge is 2.22. The number of rotatable bonds is 9. The van der Waals surface area contributed by atoms with Crippen LogP contribution in [-0.4, -0.2) is 58.2 Å². The molecule has 0 aliphatic carbocycles. The molecular formula is C20H28N2O5. The Bertz CT molecular complexity index is 683. The highest BCUT2D eigenvalue weighted by Crippen LogP contribution is 2.26. The first-order chi connectivity index (χ1) is 13.1. The van der Waals surface area contributed by atoms with Gasteiger partial charge in [-0.15, -0.1) is 0 Å². The van der Waals surface area contributed by atoms with E-state index >= 15 is 0 Å². The van der Waals surface area contributed by atoms with Gasteiger partial charge in [0.05, 0.1) is 28.4 Å². The number of carbonyl (C=O) groups excluding carboxylic acids is 1. The molecule has 27 heavy (non-hydrogen) atoms. The molecule has 0 N–H and O–H groups in total. The molecule has 148 valence electrons. The Hall–Kier alpha value is -2.96. The third-order valence-electron chi connectivity index (χ3n) is 3.85. The zero-order valence-corrected chi connectivity index (χ0v) is 16.8. The molecule has 1 aromatic carbocycles. The van der Waals surface area contributed by atoms with E-state index < -0.39 is 5.97 Å². The van der Waals surface area contributed by atoms with E-state index in [4.69, 9.17) is 14.2 Å². The van der Waals surface area contributed by atoms with Crippen LogP contribution in [0, 0.1) is 0 Å². The minimum Gasteiger partial charge on any atom is -0.497 e. The number of aliphatic imine (C=N–C) groups is 1. The SMILES string of the molecule is CCN(CC)C(=N/C=C/C(=O)OC)C(=C(OC)OC)c1ccc(OC)cc1. The van der Waals surface area contributed by atoms with Gasteiger partial charge in [0.25, 0.3) is 5.95 Å². The van der Waals surface area contributed by atoms with Crippen molar-refractivity contribution in [2.75, 3.05) is 41.5 Å². The first kappa shape index (κ1) is 22.1. The first-order valence-corrected chi connectivity index (χ1v) is 8.60. The van der Waals surface area contributed by atoms with Crippen molar-refractivity contribution in [1.82, 2.24) is 4.90 Å². The van der Waals surface area contributed by atoms with E-state index in [1.165, 1.54) is 33.6 Å². The van der Waals surface area contributed by atoms with E-state index in [0.29, 0.717) is 30.4 Å². The van der Waals surface area contributed by atoms with E-state index in [9.17, 15) is 4.79 Å². The molecular weight excluding hydrogens is 348 g/mol. The van der Waals surface area contributed by atoms with Gasteiger partial charge in [-0.1, -0.05) is 12.1 Å². The summed E-state index contributed by atoms with van der Waals surface area (Å²) in [7, 11) is 6.00. The lowest BCUT2D eigenvalue weighted by Gasteiger charge is -2.25. The van der Waals surface area contributed by atoms with Crippen LogP contribution in [0.5, 0.6) is 5.75 Å². The van der Waals surface area contributed by atoms with Gasteiger partial charge in [0.1, 0.15) is 17.2 Å². The van der Waals surface area contributed by atoms with Gasteiger partial charge >= 0.3 is 5.97 Å². The lowest BCUT2D eigenvalue weighted by atomic mass is 10.0. The van der Waals surface area contributed by atoms with Crippen molar-refractivity contribution >= 4 is 17.4 Å². The van der Waals surface area contributed by atoms with Gasteiger partial charge < -0.3 is 23.8 Å². The van der Waals surface area contributed by atoms with Crippen LogP contribution in [-0.2, 0) is 19.0 Å². The van der Waals surface area contributed by atoms with Crippen molar-refractivity contribution < 1.29 is 23.7 Å². The second-order valence-corrected chi connectivity index (χ2v) is 5.26. The van der Waals surface area contributed by atoms with Crippen molar-refractivity contribution in [3.05, 3.63) is 48.1 Å². The Kier molecular flexibility index (Phi) is 9.50. The largest absolute Gasteiger partial charge is 0.497 e.